The van der Waals surface area contributed by atoms with E-state index in [1.165, 1.54) is 13.2 Å². The van der Waals surface area contributed by atoms with Crippen LogP contribution in [0.15, 0.2) is 47.2 Å². The molecule has 0 spiro atoms. The number of benzene rings is 1. The number of rotatable bonds is 4. The molecular formula is C19H15BrCl3FN2O2. The van der Waals surface area contributed by atoms with E-state index >= 15 is 0 Å². The lowest BCUT2D eigenvalue weighted by Crippen LogP contribution is -1.98. The van der Waals surface area contributed by atoms with Crippen LogP contribution in [0.2, 0.25) is 15.3 Å². The van der Waals surface area contributed by atoms with E-state index in [1.54, 1.807) is 43.8 Å². The van der Waals surface area contributed by atoms with E-state index in [2.05, 4.69) is 25.9 Å². The van der Waals surface area contributed by atoms with Gasteiger partial charge in [-0.25, -0.2) is 14.4 Å². The summed E-state index contributed by atoms with van der Waals surface area (Å²) in [7, 11) is 3.11. The van der Waals surface area contributed by atoms with Crippen molar-refractivity contribution in [1.82, 2.24) is 9.97 Å². The Morgan fingerprint density at radius 1 is 0.929 bits per heavy atom. The zero-order valence-electron chi connectivity index (χ0n) is 14.8. The topological polar surface area (TPSA) is 44.2 Å². The van der Waals surface area contributed by atoms with Crippen molar-refractivity contribution in [1.29, 1.82) is 0 Å². The molecule has 0 N–H and O–H groups in total. The molecule has 3 aromatic rings. The number of pyridine rings is 2. The molecule has 4 nitrogen and oxygen atoms in total. The van der Waals surface area contributed by atoms with Crippen LogP contribution >= 0.6 is 50.7 Å². The van der Waals surface area contributed by atoms with Gasteiger partial charge in [0.1, 0.15) is 27.6 Å². The van der Waals surface area contributed by atoms with Gasteiger partial charge in [-0.15, -0.1) is 0 Å². The fourth-order valence-electron chi connectivity index (χ4n) is 2.21. The van der Waals surface area contributed by atoms with Gasteiger partial charge < -0.3 is 9.47 Å². The number of hydrogen-bond acceptors (Lipinski definition) is 4. The van der Waals surface area contributed by atoms with Crippen molar-refractivity contribution in [2.24, 2.45) is 0 Å². The van der Waals surface area contributed by atoms with Crippen LogP contribution in [-0.4, -0.2) is 24.2 Å². The van der Waals surface area contributed by atoms with E-state index in [0.717, 1.165) is 10.0 Å². The Labute approximate surface area is 185 Å². The summed E-state index contributed by atoms with van der Waals surface area (Å²) in [5.74, 6) is 0.852. The van der Waals surface area contributed by atoms with Crippen molar-refractivity contribution in [3.8, 4) is 11.5 Å². The summed E-state index contributed by atoms with van der Waals surface area (Å²) in [6, 6.07) is 8.13. The predicted molar refractivity (Wildman–Crippen MR) is 114 cm³/mol. The third kappa shape index (κ3) is 6.21. The number of methoxy groups -OCH3 is 2. The lowest BCUT2D eigenvalue weighted by Gasteiger charge is -2.09. The van der Waals surface area contributed by atoms with Gasteiger partial charge in [0.05, 0.1) is 23.7 Å². The zero-order valence-corrected chi connectivity index (χ0v) is 18.7. The van der Waals surface area contributed by atoms with Gasteiger partial charge in [-0.3, -0.25) is 0 Å². The number of halogens is 5. The summed E-state index contributed by atoms with van der Waals surface area (Å²) in [6.45, 7) is 0. The van der Waals surface area contributed by atoms with Crippen LogP contribution in [0.1, 0.15) is 11.1 Å². The van der Waals surface area contributed by atoms with Gasteiger partial charge in [-0.1, -0.05) is 46.9 Å². The maximum atomic E-state index is 13.8. The summed E-state index contributed by atoms with van der Waals surface area (Å²) >= 11 is 20.3. The van der Waals surface area contributed by atoms with Crippen LogP contribution in [0.5, 0.6) is 11.5 Å². The normalized spacial score (nSPS) is 10.1. The first-order valence-corrected chi connectivity index (χ1v) is 9.74. The summed E-state index contributed by atoms with van der Waals surface area (Å²) < 4.78 is 24.7. The first-order chi connectivity index (χ1) is 13.3. The molecule has 0 bridgehead atoms. The summed E-state index contributed by atoms with van der Waals surface area (Å²) in [5, 5.41) is 0.871. The number of aromatic nitrogens is 2. The highest BCUT2D eigenvalue weighted by molar-refractivity contribution is 9.10. The monoisotopic (exact) mass is 506 g/mol. The molecule has 3 rings (SSSR count). The van der Waals surface area contributed by atoms with Crippen molar-refractivity contribution in [3.63, 3.8) is 0 Å². The Morgan fingerprint density at radius 3 is 2.14 bits per heavy atom. The fourth-order valence-corrected chi connectivity index (χ4v) is 3.08. The van der Waals surface area contributed by atoms with Gasteiger partial charge in [0.25, 0.3) is 0 Å². The molecule has 0 atom stereocenters. The minimum absolute atomic E-state index is 0.105. The van der Waals surface area contributed by atoms with Crippen molar-refractivity contribution >= 4 is 50.7 Å². The van der Waals surface area contributed by atoms with E-state index in [0.29, 0.717) is 33.8 Å². The molecule has 0 saturated carbocycles. The average Bonchev–Trinajstić information content (AvgIpc) is 2.69. The Morgan fingerprint density at radius 2 is 1.54 bits per heavy atom. The highest BCUT2D eigenvalue weighted by Gasteiger charge is 2.11. The summed E-state index contributed by atoms with van der Waals surface area (Å²) in [5.41, 5.74) is 1.24. The van der Waals surface area contributed by atoms with Crippen molar-refractivity contribution in [2.75, 3.05) is 14.2 Å². The Balaban J connectivity index is 0.000000237. The molecule has 148 valence electrons. The van der Waals surface area contributed by atoms with Crippen LogP contribution in [-0.2, 0) is 6.42 Å². The van der Waals surface area contributed by atoms with Gasteiger partial charge in [-0.05, 0) is 27.6 Å². The molecule has 0 aliphatic carbocycles. The SMILES string of the molecule is COc1cc(Cl)ncc1Br.COc1cc(Cl)ncc1Cc1cccc(Cl)c1F. The molecular weight excluding hydrogens is 493 g/mol. The van der Waals surface area contributed by atoms with Crippen LogP contribution in [0.4, 0.5) is 4.39 Å². The van der Waals surface area contributed by atoms with Crippen LogP contribution < -0.4 is 9.47 Å². The molecule has 2 aromatic heterocycles. The quantitative estimate of drug-likeness (QED) is 0.371. The second kappa shape index (κ2) is 10.8. The largest absolute Gasteiger partial charge is 0.496 e. The third-order valence-electron chi connectivity index (χ3n) is 3.55. The van der Waals surface area contributed by atoms with E-state index in [1.807, 2.05) is 0 Å². The van der Waals surface area contributed by atoms with Gasteiger partial charge in [0, 0.05) is 36.5 Å². The molecule has 0 fully saturated rings. The molecule has 2 heterocycles. The maximum absolute atomic E-state index is 13.8. The number of hydrogen-bond donors (Lipinski definition) is 0. The van der Waals surface area contributed by atoms with Crippen LogP contribution in [0.3, 0.4) is 0 Å². The molecule has 9 heteroatoms. The molecule has 0 unspecified atom stereocenters. The lowest BCUT2D eigenvalue weighted by molar-refractivity contribution is 0.409. The van der Waals surface area contributed by atoms with Gasteiger partial charge in [0.15, 0.2) is 0 Å². The zero-order chi connectivity index (χ0) is 20.7. The van der Waals surface area contributed by atoms with E-state index < -0.39 is 5.82 Å². The lowest BCUT2D eigenvalue weighted by atomic mass is 10.1. The second-order valence-corrected chi connectivity index (χ2v) is 7.39. The van der Waals surface area contributed by atoms with Gasteiger partial charge >= 0.3 is 0 Å². The smallest absolute Gasteiger partial charge is 0.145 e. The van der Waals surface area contributed by atoms with Crippen LogP contribution in [0.25, 0.3) is 0 Å². The van der Waals surface area contributed by atoms with Gasteiger partial charge in [0.2, 0.25) is 0 Å². The molecule has 0 aliphatic rings. The van der Waals surface area contributed by atoms with Crippen molar-refractivity contribution < 1.29 is 13.9 Å². The maximum Gasteiger partial charge on any atom is 0.145 e. The summed E-state index contributed by atoms with van der Waals surface area (Å²) in [4.78, 5) is 7.79. The molecule has 0 radical (unpaired) electrons. The third-order valence-corrected chi connectivity index (χ3v) is 4.85. The highest BCUT2D eigenvalue weighted by Crippen LogP contribution is 2.27. The van der Waals surface area contributed by atoms with Gasteiger partial charge in [-0.2, -0.15) is 0 Å². The molecule has 0 amide bonds. The van der Waals surface area contributed by atoms with Crippen LogP contribution in [0, 0.1) is 5.82 Å². The minimum atomic E-state index is -0.420. The first-order valence-electron chi connectivity index (χ1n) is 7.82. The number of ether oxygens (including phenoxy) is 2. The standard InChI is InChI=1S/C13H10Cl2FNO.C6H5BrClNO/c1-18-11-6-12(15)17-7-9(11)5-8-3-2-4-10(14)13(8)16;1-10-5-2-6(8)9-3-4(5)7/h2-4,6-7H,5H2,1H3;2-3H,1H3. The van der Waals surface area contributed by atoms with E-state index in [-0.39, 0.29) is 5.02 Å². The van der Waals surface area contributed by atoms with E-state index in [4.69, 9.17) is 44.3 Å². The van der Waals surface area contributed by atoms with E-state index in [9.17, 15) is 4.39 Å². The molecule has 1 aromatic carbocycles. The molecule has 0 aliphatic heterocycles. The first kappa shape index (κ1) is 22.7. The highest BCUT2D eigenvalue weighted by atomic mass is 79.9. The second-order valence-electron chi connectivity index (χ2n) is 5.35. The average molecular weight is 509 g/mol. The predicted octanol–water partition coefficient (Wildman–Crippen LogP) is 6.63. The van der Waals surface area contributed by atoms with Crippen molar-refractivity contribution in [3.05, 3.63) is 79.5 Å². The summed E-state index contributed by atoms with van der Waals surface area (Å²) in [6.07, 6.45) is 3.52. The van der Waals surface area contributed by atoms with Crippen molar-refractivity contribution in [2.45, 2.75) is 6.42 Å². The minimum Gasteiger partial charge on any atom is -0.496 e. The Hall–Kier alpha value is -1.60. The fraction of sp³-hybridized carbons (Fsp3) is 0.158. The number of nitrogens with zero attached hydrogens (tertiary/aromatic N) is 2. The Bertz CT molecular complexity index is 960. The molecule has 28 heavy (non-hydrogen) atoms. The Kier molecular flexibility index (Phi) is 8.76. The molecule has 0 saturated heterocycles.